The van der Waals surface area contributed by atoms with E-state index in [0.717, 1.165) is 42.0 Å². The fourth-order valence-corrected chi connectivity index (χ4v) is 3.78. The molecule has 2 heterocycles. The third-order valence-electron chi connectivity index (χ3n) is 4.25. The van der Waals surface area contributed by atoms with Crippen LogP contribution in [0.3, 0.4) is 0 Å². The second kappa shape index (κ2) is 8.60. The van der Waals surface area contributed by atoms with Crippen molar-refractivity contribution in [3.05, 3.63) is 36.2 Å². The maximum absolute atomic E-state index is 11.1. The number of hydrogen-bond acceptors (Lipinski definition) is 6. The summed E-state index contributed by atoms with van der Waals surface area (Å²) >= 11 is 1.93. The van der Waals surface area contributed by atoms with Crippen LogP contribution in [-0.2, 0) is 4.79 Å². The van der Waals surface area contributed by atoms with Gasteiger partial charge in [-0.15, -0.1) is 0 Å². The molecule has 6 nitrogen and oxygen atoms in total. The van der Waals surface area contributed by atoms with Gasteiger partial charge in [-0.2, -0.15) is 0 Å². The van der Waals surface area contributed by atoms with Crippen LogP contribution in [0.1, 0.15) is 26.7 Å². The van der Waals surface area contributed by atoms with Gasteiger partial charge in [0.1, 0.15) is 5.75 Å². The van der Waals surface area contributed by atoms with Crippen molar-refractivity contribution in [3.8, 4) is 5.75 Å². The first-order chi connectivity index (χ1) is 12.1. The van der Waals surface area contributed by atoms with Crippen molar-refractivity contribution in [2.24, 2.45) is 0 Å². The first-order valence-corrected chi connectivity index (χ1v) is 9.69. The van der Waals surface area contributed by atoms with Crippen LogP contribution in [0, 0.1) is 0 Å². The highest BCUT2D eigenvalue weighted by Gasteiger charge is 2.23. The Balaban J connectivity index is 1.38. The Morgan fingerprint density at radius 2 is 2.20 bits per heavy atom. The van der Waals surface area contributed by atoms with Gasteiger partial charge in [-0.1, -0.05) is 11.9 Å². The largest absolute Gasteiger partial charge is 0.494 e. The SMILES string of the molecule is CC(=O)NC1=CN(c2ccc(OCCCSN3CCC3C)cc2)NC1. The molecule has 1 atom stereocenters. The normalized spacial score (nSPS) is 20.2. The molecule has 1 aromatic carbocycles. The first kappa shape index (κ1) is 18.1. The van der Waals surface area contributed by atoms with Gasteiger partial charge in [-0.25, -0.2) is 9.73 Å². The number of amides is 1. The molecule has 25 heavy (non-hydrogen) atoms. The van der Waals surface area contributed by atoms with Crippen molar-refractivity contribution in [1.82, 2.24) is 15.0 Å². The molecule has 0 radical (unpaired) electrons. The number of hydrazine groups is 1. The van der Waals surface area contributed by atoms with E-state index in [1.54, 1.807) is 0 Å². The zero-order valence-electron chi connectivity index (χ0n) is 14.8. The van der Waals surface area contributed by atoms with E-state index in [-0.39, 0.29) is 5.91 Å². The van der Waals surface area contributed by atoms with Crippen LogP contribution < -0.4 is 20.5 Å². The third kappa shape index (κ3) is 5.14. The van der Waals surface area contributed by atoms with Crippen LogP contribution in [0.4, 0.5) is 5.69 Å². The molecule has 1 unspecified atom stereocenters. The van der Waals surface area contributed by atoms with Crippen LogP contribution in [-0.4, -0.2) is 41.7 Å². The molecule has 0 bridgehead atoms. The van der Waals surface area contributed by atoms with Crippen molar-refractivity contribution >= 4 is 23.5 Å². The van der Waals surface area contributed by atoms with Crippen LogP contribution in [0.2, 0.25) is 0 Å². The molecule has 2 aliphatic heterocycles. The summed E-state index contributed by atoms with van der Waals surface area (Å²) < 4.78 is 8.26. The number of carbonyl (C=O) groups is 1. The Bertz CT molecular complexity index is 620. The molecule has 2 aliphatic rings. The Hall–Kier alpha value is -1.70. The number of ether oxygens (including phenoxy) is 1. The summed E-state index contributed by atoms with van der Waals surface area (Å²) in [5, 5.41) is 4.70. The monoisotopic (exact) mass is 362 g/mol. The summed E-state index contributed by atoms with van der Waals surface area (Å²) in [5.41, 5.74) is 5.08. The number of nitrogens with zero attached hydrogens (tertiary/aromatic N) is 2. The lowest BCUT2D eigenvalue weighted by molar-refractivity contribution is -0.118. The van der Waals surface area contributed by atoms with E-state index in [2.05, 4.69) is 22.0 Å². The lowest BCUT2D eigenvalue weighted by Crippen LogP contribution is -2.40. The number of hydrogen-bond donors (Lipinski definition) is 2. The Morgan fingerprint density at radius 3 is 2.84 bits per heavy atom. The lowest BCUT2D eigenvalue weighted by Gasteiger charge is -2.37. The summed E-state index contributed by atoms with van der Waals surface area (Å²) in [5.74, 6) is 1.94. The van der Waals surface area contributed by atoms with Gasteiger partial charge < -0.3 is 10.1 Å². The Labute approximate surface area is 153 Å². The third-order valence-corrected chi connectivity index (χ3v) is 5.60. The number of benzene rings is 1. The topological polar surface area (TPSA) is 56.8 Å². The van der Waals surface area contributed by atoms with Crippen molar-refractivity contribution in [2.75, 3.05) is 30.5 Å². The lowest BCUT2D eigenvalue weighted by atomic mass is 10.1. The quantitative estimate of drug-likeness (QED) is 0.547. The molecule has 7 heteroatoms. The van der Waals surface area contributed by atoms with Gasteiger partial charge >= 0.3 is 0 Å². The molecule has 1 saturated heterocycles. The van der Waals surface area contributed by atoms with Gasteiger partial charge in [0, 0.05) is 31.5 Å². The van der Waals surface area contributed by atoms with E-state index in [9.17, 15) is 4.79 Å². The molecule has 0 spiro atoms. The second-order valence-electron chi connectivity index (χ2n) is 6.35. The molecule has 136 valence electrons. The van der Waals surface area contributed by atoms with Gasteiger partial charge in [0.15, 0.2) is 0 Å². The molecule has 0 aromatic heterocycles. The summed E-state index contributed by atoms with van der Waals surface area (Å²) in [6.07, 6.45) is 4.26. The van der Waals surface area contributed by atoms with Gasteiger partial charge in [0.2, 0.25) is 5.91 Å². The number of carbonyl (C=O) groups excluding carboxylic acids is 1. The second-order valence-corrected chi connectivity index (χ2v) is 7.48. The molecule has 1 aromatic rings. The minimum atomic E-state index is -0.0552. The van der Waals surface area contributed by atoms with Crippen LogP contribution in [0.25, 0.3) is 0 Å². The summed E-state index contributed by atoms with van der Waals surface area (Å²) in [6.45, 7) is 6.36. The van der Waals surface area contributed by atoms with Gasteiger partial charge in [-0.05, 0) is 44.0 Å². The van der Waals surface area contributed by atoms with Gasteiger partial charge in [0.25, 0.3) is 0 Å². The zero-order valence-corrected chi connectivity index (χ0v) is 15.6. The minimum absolute atomic E-state index is 0.0552. The number of rotatable bonds is 8. The standard InChI is InChI=1S/C18H26N4O2S/c1-14-8-9-22(14)25-11-3-10-24-18-6-4-17(5-7-18)21-13-16(12-19-21)20-15(2)23/h4-7,13-14,19H,3,8-12H2,1-2H3,(H,20,23). The fourth-order valence-electron chi connectivity index (χ4n) is 2.70. The van der Waals surface area contributed by atoms with Crippen molar-refractivity contribution in [1.29, 1.82) is 0 Å². The van der Waals surface area contributed by atoms with Crippen molar-refractivity contribution < 1.29 is 9.53 Å². The van der Waals surface area contributed by atoms with E-state index in [1.807, 2.05) is 47.4 Å². The fraction of sp³-hybridized carbons (Fsp3) is 0.500. The maximum atomic E-state index is 11.1. The number of anilines is 1. The molecule has 1 amide bonds. The summed E-state index contributed by atoms with van der Waals surface area (Å²) in [6, 6.07) is 8.70. The maximum Gasteiger partial charge on any atom is 0.221 e. The molecule has 0 saturated carbocycles. The summed E-state index contributed by atoms with van der Waals surface area (Å²) in [7, 11) is 0. The van der Waals surface area contributed by atoms with E-state index in [4.69, 9.17) is 4.74 Å². The average Bonchev–Trinajstić information content (AvgIpc) is 3.04. The highest BCUT2D eigenvalue weighted by molar-refractivity contribution is 7.97. The molecule has 3 rings (SSSR count). The van der Waals surface area contributed by atoms with Gasteiger partial charge in [0.05, 0.1) is 24.5 Å². The predicted octanol–water partition coefficient (Wildman–Crippen LogP) is 2.50. The molecule has 2 N–H and O–H groups in total. The average molecular weight is 362 g/mol. The first-order valence-electron chi connectivity index (χ1n) is 8.75. The van der Waals surface area contributed by atoms with Gasteiger partial charge in [-0.3, -0.25) is 9.80 Å². The van der Waals surface area contributed by atoms with Crippen molar-refractivity contribution in [3.63, 3.8) is 0 Å². The van der Waals surface area contributed by atoms with Crippen LogP contribution >= 0.6 is 11.9 Å². The Kier molecular flexibility index (Phi) is 6.23. The van der Waals surface area contributed by atoms with Crippen LogP contribution in [0.15, 0.2) is 36.2 Å². The van der Waals surface area contributed by atoms with E-state index < -0.39 is 0 Å². The van der Waals surface area contributed by atoms with Crippen molar-refractivity contribution in [2.45, 2.75) is 32.7 Å². The molecular weight excluding hydrogens is 336 g/mol. The van der Waals surface area contributed by atoms with E-state index in [0.29, 0.717) is 6.54 Å². The molecule has 1 fully saturated rings. The smallest absolute Gasteiger partial charge is 0.221 e. The molecular formula is C18H26N4O2S. The highest BCUT2D eigenvalue weighted by Crippen LogP contribution is 2.26. The highest BCUT2D eigenvalue weighted by atomic mass is 32.2. The van der Waals surface area contributed by atoms with Crippen LogP contribution in [0.5, 0.6) is 5.75 Å². The zero-order chi connectivity index (χ0) is 17.6. The summed E-state index contributed by atoms with van der Waals surface area (Å²) in [4.78, 5) is 11.1. The van der Waals surface area contributed by atoms with E-state index >= 15 is 0 Å². The predicted molar refractivity (Wildman–Crippen MR) is 102 cm³/mol. The number of nitrogens with one attached hydrogen (secondary N) is 2. The van der Waals surface area contributed by atoms with E-state index in [1.165, 1.54) is 19.9 Å². The molecule has 0 aliphatic carbocycles. The minimum Gasteiger partial charge on any atom is -0.494 e. The Morgan fingerprint density at radius 1 is 1.40 bits per heavy atom.